The second-order valence-electron chi connectivity index (χ2n) is 3.49. The molecule has 1 fully saturated rings. The lowest BCUT2D eigenvalue weighted by Crippen LogP contribution is -2.38. The first-order chi connectivity index (χ1) is 5.87. The lowest BCUT2D eigenvalue weighted by molar-refractivity contribution is -0.127. The van der Waals surface area contributed by atoms with E-state index in [1.54, 1.807) is 0 Å². The molecule has 0 aromatic heterocycles. The molecule has 72 valence electrons. The van der Waals surface area contributed by atoms with E-state index in [2.05, 4.69) is 5.32 Å². The Labute approximate surface area is 74.7 Å². The summed E-state index contributed by atoms with van der Waals surface area (Å²) in [5.41, 5.74) is -0.845. The van der Waals surface area contributed by atoms with E-state index >= 15 is 0 Å². The SMILES string of the molecule is CC(F)(F)CC(=O)NC1(C#N)CC1. The molecule has 1 amide bonds. The maximum atomic E-state index is 12.3. The number of hydrogen-bond donors (Lipinski definition) is 1. The highest BCUT2D eigenvalue weighted by Crippen LogP contribution is 2.34. The topological polar surface area (TPSA) is 52.9 Å². The van der Waals surface area contributed by atoms with Crippen LogP contribution in [0.4, 0.5) is 8.78 Å². The third-order valence-electron chi connectivity index (χ3n) is 1.81. The summed E-state index contributed by atoms with van der Waals surface area (Å²) >= 11 is 0. The highest BCUT2D eigenvalue weighted by Gasteiger charge is 2.45. The number of nitriles is 1. The molecule has 3 nitrogen and oxygen atoms in total. The number of nitrogens with one attached hydrogen (secondary N) is 1. The second-order valence-corrected chi connectivity index (χ2v) is 3.49. The third kappa shape index (κ3) is 2.98. The van der Waals surface area contributed by atoms with Crippen molar-refractivity contribution in [2.75, 3.05) is 0 Å². The summed E-state index contributed by atoms with van der Waals surface area (Å²) in [6.45, 7) is 0.679. The minimum Gasteiger partial charge on any atom is -0.338 e. The molecule has 1 aliphatic rings. The largest absolute Gasteiger partial charge is 0.338 e. The molecule has 1 N–H and O–H groups in total. The van der Waals surface area contributed by atoms with Crippen molar-refractivity contribution < 1.29 is 13.6 Å². The Balaban J connectivity index is 2.40. The molecule has 0 heterocycles. The minimum atomic E-state index is -3.00. The summed E-state index contributed by atoms with van der Waals surface area (Å²) in [4.78, 5) is 10.9. The van der Waals surface area contributed by atoms with Gasteiger partial charge in [0.05, 0.1) is 12.5 Å². The Morgan fingerprint density at radius 3 is 2.54 bits per heavy atom. The monoisotopic (exact) mass is 188 g/mol. The summed E-state index contributed by atoms with van der Waals surface area (Å²) in [5.74, 6) is -3.76. The maximum absolute atomic E-state index is 12.3. The first kappa shape index (κ1) is 9.90. The van der Waals surface area contributed by atoms with Crippen LogP contribution in [0.15, 0.2) is 0 Å². The van der Waals surface area contributed by atoms with Gasteiger partial charge >= 0.3 is 0 Å². The Morgan fingerprint density at radius 1 is 1.69 bits per heavy atom. The molecule has 0 unspecified atom stereocenters. The van der Waals surface area contributed by atoms with Crippen LogP contribution in [0, 0.1) is 11.3 Å². The van der Waals surface area contributed by atoms with Crippen molar-refractivity contribution in [2.24, 2.45) is 0 Å². The number of alkyl halides is 2. The standard InChI is InChI=1S/C8H10F2N2O/c1-7(9,10)4-6(13)12-8(5-11)2-3-8/h2-4H2,1H3,(H,12,13). The van der Waals surface area contributed by atoms with Crippen molar-refractivity contribution in [1.29, 1.82) is 5.26 Å². The van der Waals surface area contributed by atoms with Crippen molar-refractivity contribution in [1.82, 2.24) is 5.32 Å². The van der Waals surface area contributed by atoms with Gasteiger partial charge in [-0.2, -0.15) is 5.26 Å². The molecule has 0 atom stereocenters. The summed E-state index contributed by atoms with van der Waals surface area (Å²) < 4.78 is 24.7. The van der Waals surface area contributed by atoms with E-state index in [1.165, 1.54) is 0 Å². The molecular weight excluding hydrogens is 178 g/mol. The molecule has 1 saturated carbocycles. The molecule has 1 rings (SSSR count). The van der Waals surface area contributed by atoms with Crippen molar-refractivity contribution in [3.8, 4) is 6.07 Å². The zero-order valence-electron chi connectivity index (χ0n) is 7.23. The van der Waals surface area contributed by atoms with Crippen LogP contribution in [-0.4, -0.2) is 17.4 Å². The number of carbonyl (C=O) groups excluding carboxylic acids is 1. The Morgan fingerprint density at radius 2 is 2.23 bits per heavy atom. The van der Waals surface area contributed by atoms with Crippen molar-refractivity contribution >= 4 is 5.91 Å². The Hall–Kier alpha value is -1.18. The highest BCUT2D eigenvalue weighted by atomic mass is 19.3. The van der Waals surface area contributed by atoms with Crippen molar-refractivity contribution in [3.05, 3.63) is 0 Å². The highest BCUT2D eigenvalue weighted by molar-refractivity contribution is 5.78. The molecule has 0 radical (unpaired) electrons. The fourth-order valence-corrected chi connectivity index (χ4v) is 0.983. The van der Waals surface area contributed by atoms with E-state index in [0.717, 1.165) is 0 Å². The van der Waals surface area contributed by atoms with E-state index < -0.39 is 23.8 Å². The van der Waals surface area contributed by atoms with Crippen molar-refractivity contribution in [3.63, 3.8) is 0 Å². The van der Waals surface area contributed by atoms with Crippen LogP contribution in [0.3, 0.4) is 0 Å². The van der Waals surface area contributed by atoms with E-state index in [0.29, 0.717) is 19.8 Å². The molecule has 0 saturated heterocycles. The molecule has 0 bridgehead atoms. The second kappa shape index (κ2) is 2.95. The lowest BCUT2D eigenvalue weighted by Gasteiger charge is -2.12. The van der Waals surface area contributed by atoms with Gasteiger partial charge in [0.25, 0.3) is 5.92 Å². The fraction of sp³-hybridized carbons (Fsp3) is 0.750. The van der Waals surface area contributed by atoms with Gasteiger partial charge in [-0.15, -0.1) is 0 Å². The molecule has 0 aliphatic heterocycles. The zero-order valence-corrected chi connectivity index (χ0v) is 7.23. The van der Waals surface area contributed by atoms with Gasteiger partial charge in [-0.25, -0.2) is 8.78 Å². The van der Waals surface area contributed by atoms with Crippen LogP contribution < -0.4 is 5.32 Å². The number of carbonyl (C=O) groups is 1. The molecule has 5 heteroatoms. The van der Waals surface area contributed by atoms with Crippen LogP contribution in [0.5, 0.6) is 0 Å². The summed E-state index contributed by atoms with van der Waals surface area (Å²) in [5, 5.41) is 10.8. The number of hydrogen-bond acceptors (Lipinski definition) is 2. The van der Waals surface area contributed by atoms with Gasteiger partial charge in [0.15, 0.2) is 0 Å². The van der Waals surface area contributed by atoms with Crippen LogP contribution in [0.2, 0.25) is 0 Å². The summed E-state index contributed by atoms with van der Waals surface area (Å²) in [6.07, 6.45) is 0.269. The van der Waals surface area contributed by atoms with Crippen LogP contribution in [0.25, 0.3) is 0 Å². The molecule has 13 heavy (non-hydrogen) atoms. The third-order valence-corrected chi connectivity index (χ3v) is 1.81. The summed E-state index contributed by atoms with van der Waals surface area (Å²) in [7, 11) is 0. The van der Waals surface area contributed by atoms with Gasteiger partial charge in [-0.1, -0.05) is 0 Å². The number of halogens is 2. The lowest BCUT2D eigenvalue weighted by atomic mass is 10.2. The van der Waals surface area contributed by atoms with Gasteiger partial charge < -0.3 is 5.32 Å². The number of rotatable bonds is 3. The van der Waals surface area contributed by atoms with E-state index in [1.807, 2.05) is 6.07 Å². The first-order valence-corrected chi connectivity index (χ1v) is 3.97. The number of amides is 1. The van der Waals surface area contributed by atoms with E-state index in [9.17, 15) is 13.6 Å². The minimum absolute atomic E-state index is 0.560. The van der Waals surface area contributed by atoms with E-state index in [4.69, 9.17) is 5.26 Å². The average molecular weight is 188 g/mol. The van der Waals surface area contributed by atoms with Gasteiger partial charge in [0.2, 0.25) is 5.91 Å². The van der Waals surface area contributed by atoms with Crippen LogP contribution >= 0.6 is 0 Å². The van der Waals surface area contributed by atoms with Crippen molar-refractivity contribution in [2.45, 2.75) is 37.6 Å². The number of nitrogens with zero attached hydrogens (tertiary/aromatic N) is 1. The predicted octanol–water partition coefficient (Wildman–Crippen LogP) is 1.20. The smallest absolute Gasteiger partial charge is 0.254 e. The van der Waals surface area contributed by atoms with Gasteiger partial charge in [-0.05, 0) is 19.8 Å². The maximum Gasteiger partial charge on any atom is 0.254 e. The average Bonchev–Trinajstić information content (AvgIpc) is 2.65. The van der Waals surface area contributed by atoms with Gasteiger partial charge in [0, 0.05) is 0 Å². The van der Waals surface area contributed by atoms with Crippen LogP contribution in [-0.2, 0) is 4.79 Å². The normalized spacial score (nSPS) is 18.9. The fourth-order valence-electron chi connectivity index (χ4n) is 0.983. The van der Waals surface area contributed by atoms with Crippen LogP contribution in [0.1, 0.15) is 26.2 Å². The van der Waals surface area contributed by atoms with Gasteiger partial charge in [-0.3, -0.25) is 4.79 Å². The zero-order chi connectivity index (χ0) is 10.1. The Bertz CT molecular complexity index is 260. The van der Waals surface area contributed by atoms with Gasteiger partial charge in [0.1, 0.15) is 5.54 Å². The molecule has 1 aliphatic carbocycles. The van der Waals surface area contributed by atoms with E-state index in [-0.39, 0.29) is 0 Å². The predicted molar refractivity (Wildman–Crippen MR) is 41.0 cm³/mol. The summed E-state index contributed by atoms with van der Waals surface area (Å²) in [6, 6.07) is 1.89. The first-order valence-electron chi connectivity index (χ1n) is 3.97. The molecular formula is C8H10F2N2O. The quantitative estimate of drug-likeness (QED) is 0.723. The molecule has 0 aromatic carbocycles. The molecule has 0 spiro atoms. The Kier molecular flexibility index (Phi) is 2.24. The molecule has 0 aromatic rings.